The molecule has 1 atom stereocenters. The Hall–Kier alpha value is -2.63. The van der Waals surface area contributed by atoms with Crippen molar-refractivity contribution in [2.75, 3.05) is 13.2 Å². The normalized spacial score (nSPS) is 11.9. The number of hydrogen-bond acceptors (Lipinski definition) is 5. The Labute approximate surface area is 148 Å². The molecule has 6 nitrogen and oxygen atoms in total. The van der Waals surface area contributed by atoms with Gasteiger partial charge >= 0.3 is 0 Å². The third-order valence-corrected chi connectivity index (χ3v) is 3.68. The van der Waals surface area contributed by atoms with Crippen LogP contribution in [-0.4, -0.2) is 29.1 Å². The minimum atomic E-state index is -0.251. The topological polar surface area (TPSA) is 73.3 Å². The molecule has 25 heavy (non-hydrogen) atoms. The quantitative estimate of drug-likeness (QED) is 0.795. The van der Waals surface area contributed by atoms with Crippen LogP contribution in [0, 0.1) is 5.92 Å². The molecular weight excluding hydrogens is 318 g/mol. The third kappa shape index (κ3) is 4.92. The Kier molecular flexibility index (Phi) is 6.74. The molecule has 0 aliphatic carbocycles. The van der Waals surface area contributed by atoms with Crippen molar-refractivity contribution >= 4 is 5.91 Å². The van der Waals surface area contributed by atoms with Crippen LogP contribution in [0.25, 0.3) is 0 Å². The molecule has 1 heterocycles. The SMILES string of the molecule is CCOc1ccc(C(NC(=O)c2cnccn2)C(C)C)cc1OCC. The van der Waals surface area contributed by atoms with E-state index in [1.165, 1.54) is 18.6 Å². The number of hydrogen-bond donors (Lipinski definition) is 1. The van der Waals surface area contributed by atoms with E-state index in [0.29, 0.717) is 30.4 Å². The predicted molar refractivity (Wildman–Crippen MR) is 95.9 cm³/mol. The predicted octanol–water partition coefficient (Wildman–Crippen LogP) is 3.40. The van der Waals surface area contributed by atoms with Gasteiger partial charge in [0, 0.05) is 12.4 Å². The van der Waals surface area contributed by atoms with E-state index in [1.54, 1.807) is 0 Å². The lowest BCUT2D eigenvalue weighted by molar-refractivity contribution is 0.0920. The Morgan fingerprint density at radius 1 is 1.12 bits per heavy atom. The molecule has 1 N–H and O–H groups in total. The van der Waals surface area contributed by atoms with Crippen LogP contribution < -0.4 is 14.8 Å². The van der Waals surface area contributed by atoms with Gasteiger partial charge in [-0.05, 0) is 37.5 Å². The highest BCUT2D eigenvalue weighted by molar-refractivity contribution is 5.92. The number of aromatic nitrogens is 2. The molecule has 1 unspecified atom stereocenters. The summed E-state index contributed by atoms with van der Waals surface area (Å²) in [6.45, 7) is 9.08. The number of ether oxygens (including phenoxy) is 2. The summed E-state index contributed by atoms with van der Waals surface area (Å²) in [5.74, 6) is 1.32. The number of nitrogens with zero attached hydrogens (tertiary/aromatic N) is 2. The summed E-state index contributed by atoms with van der Waals surface area (Å²) in [6.07, 6.45) is 4.50. The van der Waals surface area contributed by atoms with E-state index in [1.807, 2.05) is 32.0 Å². The first-order valence-corrected chi connectivity index (χ1v) is 8.53. The van der Waals surface area contributed by atoms with Gasteiger partial charge in [0.15, 0.2) is 11.5 Å². The molecule has 2 aromatic rings. The molecule has 6 heteroatoms. The maximum Gasteiger partial charge on any atom is 0.271 e. The first-order chi connectivity index (χ1) is 12.1. The van der Waals surface area contributed by atoms with E-state index in [0.717, 1.165) is 5.56 Å². The van der Waals surface area contributed by atoms with Crippen molar-refractivity contribution in [1.29, 1.82) is 0 Å². The summed E-state index contributed by atoms with van der Waals surface area (Å²) in [5, 5.41) is 3.03. The largest absolute Gasteiger partial charge is 0.490 e. The molecule has 0 bridgehead atoms. The van der Waals surface area contributed by atoms with Crippen LogP contribution in [0.4, 0.5) is 0 Å². The van der Waals surface area contributed by atoms with Crippen molar-refractivity contribution in [2.45, 2.75) is 33.7 Å². The maximum atomic E-state index is 12.4. The summed E-state index contributed by atoms with van der Waals surface area (Å²) >= 11 is 0. The molecule has 1 amide bonds. The lowest BCUT2D eigenvalue weighted by Gasteiger charge is -2.24. The molecule has 134 valence electrons. The zero-order valence-electron chi connectivity index (χ0n) is 15.2. The molecule has 0 saturated carbocycles. The van der Waals surface area contributed by atoms with Gasteiger partial charge in [0.1, 0.15) is 5.69 Å². The summed E-state index contributed by atoms with van der Waals surface area (Å²) in [6, 6.07) is 5.59. The Morgan fingerprint density at radius 3 is 2.44 bits per heavy atom. The van der Waals surface area contributed by atoms with Crippen molar-refractivity contribution in [3.05, 3.63) is 48.0 Å². The fraction of sp³-hybridized carbons (Fsp3) is 0.421. The van der Waals surface area contributed by atoms with Gasteiger partial charge in [-0.1, -0.05) is 19.9 Å². The van der Waals surface area contributed by atoms with E-state index < -0.39 is 0 Å². The number of carbonyl (C=O) groups excluding carboxylic acids is 1. The van der Waals surface area contributed by atoms with E-state index in [-0.39, 0.29) is 17.9 Å². The second-order valence-corrected chi connectivity index (χ2v) is 5.86. The Morgan fingerprint density at radius 2 is 1.84 bits per heavy atom. The molecular formula is C19H25N3O3. The van der Waals surface area contributed by atoms with Gasteiger partial charge in [-0.2, -0.15) is 0 Å². The molecule has 0 spiro atoms. The highest BCUT2D eigenvalue weighted by Gasteiger charge is 2.21. The molecule has 2 rings (SSSR count). The molecule has 0 radical (unpaired) electrons. The van der Waals surface area contributed by atoms with Crippen molar-refractivity contribution < 1.29 is 14.3 Å². The molecule has 0 fully saturated rings. The lowest BCUT2D eigenvalue weighted by Crippen LogP contribution is -2.32. The molecule has 1 aromatic carbocycles. The fourth-order valence-corrected chi connectivity index (χ4v) is 2.53. The van der Waals surface area contributed by atoms with Gasteiger partial charge < -0.3 is 14.8 Å². The van der Waals surface area contributed by atoms with Crippen LogP contribution in [0.2, 0.25) is 0 Å². The number of carbonyl (C=O) groups is 1. The third-order valence-electron chi connectivity index (χ3n) is 3.68. The van der Waals surface area contributed by atoms with Gasteiger partial charge in [-0.15, -0.1) is 0 Å². The summed E-state index contributed by atoms with van der Waals surface area (Å²) in [7, 11) is 0. The van der Waals surface area contributed by atoms with Crippen molar-refractivity contribution in [1.82, 2.24) is 15.3 Å². The van der Waals surface area contributed by atoms with Gasteiger partial charge in [-0.3, -0.25) is 9.78 Å². The second-order valence-electron chi connectivity index (χ2n) is 5.86. The Balaban J connectivity index is 2.27. The van der Waals surface area contributed by atoms with E-state index in [4.69, 9.17) is 9.47 Å². The van der Waals surface area contributed by atoms with E-state index in [9.17, 15) is 4.79 Å². The Bertz CT molecular complexity index is 690. The van der Waals surface area contributed by atoms with Crippen LogP contribution in [0.1, 0.15) is 49.8 Å². The lowest BCUT2D eigenvalue weighted by atomic mass is 9.95. The van der Waals surface area contributed by atoms with Crippen LogP contribution in [-0.2, 0) is 0 Å². The first-order valence-electron chi connectivity index (χ1n) is 8.53. The fourth-order valence-electron chi connectivity index (χ4n) is 2.53. The minimum absolute atomic E-state index is 0.176. The summed E-state index contributed by atoms with van der Waals surface area (Å²) < 4.78 is 11.3. The van der Waals surface area contributed by atoms with Crippen molar-refractivity contribution in [3.8, 4) is 11.5 Å². The maximum absolute atomic E-state index is 12.4. The highest BCUT2D eigenvalue weighted by Crippen LogP contribution is 2.33. The van der Waals surface area contributed by atoms with Crippen molar-refractivity contribution in [2.24, 2.45) is 5.92 Å². The summed E-state index contributed by atoms with van der Waals surface area (Å²) in [4.78, 5) is 20.4. The monoisotopic (exact) mass is 343 g/mol. The number of amides is 1. The zero-order valence-corrected chi connectivity index (χ0v) is 15.2. The van der Waals surface area contributed by atoms with Crippen LogP contribution in [0.15, 0.2) is 36.8 Å². The van der Waals surface area contributed by atoms with E-state index in [2.05, 4.69) is 29.1 Å². The van der Waals surface area contributed by atoms with Crippen LogP contribution in [0.3, 0.4) is 0 Å². The summed E-state index contributed by atoms with van der Waals surface area (Å²) in [5.41, 5.74) is 1.25. The number of benzene rings is 1. The molecule has 1 aromatic heterocycles. The van der Waals surface area contributed by atoms with Crippen LogP contribution in [0.5, 0.6) is 11.5 Å². The highest BCUT2D eigenvalue weighted by atomic mass is 16.5. The first kappa shape index (κ1) is 18.7. The number of rotatable bonds is 8. The van der Waals surface area contributed by atoms with E-state index >= 15 is 0 Å². The van der Waals surface area contributed by atoms with Gasteiger partial charge in [0.05, 0.1) is 25.5 Å². The van der Waals surface area contributed by atoms with Gasteiger partial charge in [-0.25, -0.2) is 4.98 Å². The average molecular weight is 343 g/mol. The molecule has 0 saturated heterocycles. The minimum Gasteiger partial charge on any atom is -0.490 e. The second kappa shape index (κ2) is 9.01. The van der Waals surface area contributed by atoms with Crippen LogP contribution >= 0.6 is 0 Å². The smallest absolute Gasteiger partial charge is 0.271 e. The van der Waals surface area contributed by atoms with Gasteiger partial charge in [0.25, 0.3) is 5.91 Å². The molecule has 0 aliphatic heterocycles. The molecule has 0 aliphatic rings. The van der Waals surface area contributed by atoms with Gasteiger partial charge in [0.2, 0.25) is 0 Å². The zero-order chi connectivity index (χ0) is 18.2. The van der Waals surface area contributed by atoms with Crippen molar-refractivity contribution in [3.63, 3.8) is 0 Å². The number of nitrogens with one attached hydrogen (secondary N) is 1. The standard InChI is InChI=1S/C19H25N3O3/c1-5-24-16-8-7-14(11-17(16)25-6-2)18(13(3)4)22-19(23)15-12-20-9-10-21-15/h7-13,18H,5-6H2,1-4H3,(H,22,23). The average Bonchev–Trinajstić information content (AvgIpc) is 2.62.